The van der Waals surface area contributed by atoms with Crippen molar-refractivity contribution in [2.75, 3.05) is 13.1 Å². The van der Waals surface area contributed by atoms with E-state index in [2.05, 4.69) is 23.2 Å². The van der Waals surface area contributed by atoms with Gasteiger partial charge in [-0.25, -0.2) is 0 Å². The topological polar surface area (TPSA) is 21.1 Å². The van der Waals surface area contributed by atoms with E-state index in [-0.39, 0.29) is 0 Å². The van der Waals surface area contributed by atoms with Gasteiger partial charge in [0.15, 0.2) is 5.15 Å². The van der Waals surface area contributed by atoms with E-state index in [0.29, 0.717) is 5.15 Å². The summed E-state index contributed by atoms with van der Waals surface area (Å²) in [7, 11) is 1.89. The van der Waals surface area contributed by atoms with Crippen LogP contribution < -0.4 is 0 Å². The maximum Gasteiger partial charge on any atom is 0.151 e. The van der Waals surface area contributed by atoms with Crippen molar-refractivity contribution >= 4 is 11.6 Å². The van der Waals surface area contributed by atoms with Crippen LogP contribution in [0.1, 0.15) is 5.69 Å². The summed E-state index contributed by atoms with van der Waals surface area (Å²) in [4.78, 5) is 2.20. The van der Waals surface area contributed by atoms with E-state index in [1.807, 2.05) is 25.3 Å². The molecule has 1 aromatic rings. The highest BCUT2D eigenvalue weighted by atomic mass is 35.5. The van der Waals surface area contributed by atoms with Gasteiger partial charge >= 0.3 is 0 Å². The average molecular weight is 226 g/mol. The number of halogens is 1. The third kappa shape index (κ3) is 3.53. The highest BCUT2D eigenvalue weighted by molar-refractivity contribution is 6.29. The molecule has 0 aromatic carbocycles. The lowest BCUT2D eigenvalue weighted by Gasteiger charge is -2.18. The van der Waals surface area contributed by atoms with Gasteiger partial charge in [0.25, 0.3) is 0 Å². The van der Waals surface area contributed by atoms with Crippen LogP contribution in [-0.2, 0) is 13.6 Å². The molecule has 0 atom stereocenters. The van der Waals surface area contributed by atoms with Crippen molar-refractivity contribution < 1.29 is 0 Å². The number of rotatable bonds is 6. The molecule has 0 fully saturated rings. The lowest BCUT2D eigenvalue weighted by molar-refractivity contribution is 0.318. The molecule has 1 heterocycles. The number of aryl methyl sites for hydroxylation is 1. The molecule has 0 aliphatic carbocycles. The molecule has 0 aliphatic rings. The Bertz CT molecular complexity index is 334. The zero-order chi connectivity index (χ0) is 11.3. The number of aromatic nitrogens is 2. The van der Waals surface area contributed by atoms with Gasteiger partial charge in [0.1, 0.15) is 0 Å². The Morgan fingerprint density at radius 1 is 1.47 bits per heavy atom. The van der Waals surface area contributed by atoms with Crippen LogP contribution in [0.5, 0.6) is 0 Å². The maximum atomic E-state index is 5.81. The monoisotopic (exact) mass is 225 g/mol. The van der Waals surface area contributed by atoms with Crippen molar-refractivity contribution in [1.82, 2.24) is 14.7 Å². The summed E-state index contributed by atoms with van der Waals surface area (Å²) in [6.45, 7) is 9.91. The van der Waals surface area contributed by atoms with Crippen LogP contribution in [0.15, 0.2) is 31.4 Å². The molecule has 0 N–H and O–H groups in total. The summed E-state index contributed by atoms with van der Waals surface area (Å²) in [5.74, 6) is 0. The minimum Gasteiger partial charge on any atom is -0.290 e. The molecule has 0 saturated carbocycles. The quantitative estimate of drug-likeness (QED) is 0.693. The second-order valence-corrected chi connectivity index (χ2v) is 3.74. The normalized spacial score (nSPS) is 10.6. The molecule has 0 saturated heterocycles. The van der Waals surface area contributed by atoms with Crippen molar-refractivity contribution in [3.8, 4) is 0 Å². The van der Waals surface area contributed by atoms with Crippen LogP contribution in [0.25, 0.3) is 0 Å². The first-order chi connectivity index (χ1) is 7.17. The first-order valence-electron chi connectivity index (χ1n) is 4.80. The highest BCUT2D eigenvalue weighted by Crippen LogP contribution is 2.10. The van der Waals surface area contributed by atoms with Crippen LogP contribution in [0, 0.1) is 0 Å². The first-order valence-corrected chi connectivity index (χ1v) is 5.17. The fraction of sp³-hybridized carbons (Fsp3) is 0.364. The van der Waals surface area contributed by atoms with Crippen molar-refractivity contribution in [3.63, 3.8) is 0 Å². The van der Waals surface area contributed by atoms with Crippen LogP contribution in [-0.4, -0.2) is 27.8 Å². The first kappa shape index (κ1) is 12.0. The number of hydrogen-bond acceptors (Lipinski definition) is 2. The fourth-order valence-corrected chi connectivity index (χ4v) is 1.65. The molecule has 0 aliphatic heterocycles. The molecule has 0 unspecified atom stereocenters. The Balaban J connectivity index is 2.68. The van der Waals surface area contributed by atoms with Gasteiger partial charge < -0.3 is 0 Å². The molecular weight excluding hydrogens is 210 g/mol. The summed E-state index contributed by atoms with van der Waals surface area (Å²) in [6.07, 6.45) is 3.75. The molecule has 82 valence electrons. The van der Waals surface area contributed by atoms with Crippen LogP contribution in [0.3, 0.4) is 0 Å². The third-order valence-corrected chi connectivity index (χ3v) is 2.29. The Morgan fingerprint density at radius 3 is 2.47 bits per heavy atom. The van der Waals surface area contributed by atoms with Gasteiger partial charge in [0.2, 0.25) is 0 Å². The molecule has 1 aromatic heterocycles. The lowest BCUT2D eigenvalue weighted by Crippen LogP contribution is -2.24. The van der Waals surface area contributed by atoms with Crippen LogP contribution >= 0.6 is 11.6 Å². The minimum atomic E-state index is 0.532. The molecule has 3 nitrogen and oxygen atoms in total. The van der Waals surface area contributed by atoms with Gasteiger partial charge in [-0.05, 0) is 6.07 Å². The van der Waals surface area contributed by atoms with Gasteiger partial charge in [-0.3, -0.25) is 9.58 Å². The predicted octanol–water partition coefficient (Wildman–Crippen LogP) is 2.25. The molecule has 1 rings (SSSR count). The Morgan fingerprint density at radius 2 is 2.07 bits per heavy atom. The Kier molecular flexibility index (Phi) is 4.59. The van der Waals surface area contributed by atoms with E-state index >= 15 is 0 Å². The largest absolute Gasteiger partial charge is 0.290 e. The van der Waals surface area contributed by atoms with Crippen LogP contribution in [0.4, 0.5) is 0 Å². The van der Waals surface area contributed by atoms with Crippen LogP contribution in [0.2, 0.25) is 5.15 Å². The van der Waals surface area contributed by atoms with Gasteiger partial charge in [0, 0.05) is 26.7 Å². The third-order valence-electron chi connectivity index (χ3n) is 2.11. The van der Waals surface area contributed by atoms with E-state index in [0.717, 1.165) is 25.3 Å². The molecule has 15 heavy (non-hydrogen) atoms. The zero-order valence-electron chi connectivity index (χ0n) is 8.99. The molecule has 0 radical (unpaired) electrons. The number of nitrogens with zero attached hydrogens (tertiary/aromatic N) is 3. The Labute approximate surface area is 95.6 Å². The minimum absolute atomic E-state index is 0.532. The molecule has 4 heteroatoms. The molecule has 0 amide bonds. The number of hydrogen-bond donors (Lipinski definition) is 0. The van der Waals surface area contributed by atoms with Crippen molar-refractivity contribution in [3.05, 3.63) is 42.2 Å². The predicted molar refractivity (Wildman–Crippen MR) is 63.9 cm³/mol. The SMILES string of the molecule is C=CCN(CC=C)Cc1cc(Cl)nn1C. The van der Waals surface area contributed by atoms with Gasteiger partial charge in [-0.2, -0.15) is 5.10 Å². The van der Waals surface area contributed by atoms with Gasteiger partial charge in [0.05, 0.1) is 5.69 Å². The maximum absolute atomic E-state index is 5.81. The zero-order valence-corrected chi connectivity index (χ0v) is 9.74. The van der Waals surface area contributed by atoms with Gasteiger partial charge in [-0.15, -0.1) is 13.2 Å². The lowest BCUT2D eigenvalue weighted by atomic mass is 10.3. The van der Waals surface area contributed by atoms with Gasteiger partial charge in [-0.1, -0.05) is 23.8 Å². The second-order valence-electron chi connectivity index (χ2n) is 3.35. The van der Waals surface area contributed by atoms with E-state index in [1.54, 1.807) is 4.68 Å². The Hall–Kier alpha value is -1.06. The van der Waals surface area contributed by atoms with E-state index < -0.39 is 0 Å². The molecule has 0 spiro atoms. The highest BCUT2D eigenvalue weighted by Gasteiger charge is 2.07. The average Bonchev–Trinajstić information content (AvgIpc) is 2.46. The van der Waals surface area contributed by atoms with E-state index in [1.165, 1.54) is 0 Å². The molecular formula is C11H16ClN3. The van der Waals surface area contributed by atoms with E-state index in [4.69, 9.17) is 11.6 Å². The standard InChI is InChI=1S/C11H16ClN3/c1-4-6-15(7-5-2)9-10-8-11(12)13-14(10)3/h4-5,8H,1-2,6-7,9H2,3H3. The fourth-order valence-electron chi connectivity index (χ4n) is 1.41. The summed E-state index contributed by atoms with van der Waals surface area (Å²) < 4.78 is 1.79. The summed E-state index contributed by atoms with van der Waals surface area (Å²) in [5, 5.41) is 4.62. The molecule has 0 bridgehead atoms. The van der Waals surface area contributed by atoms with E-state index in [9.17, 15) is 0 Å². The summed E-state index contributed by atoms with van der Waals surface area (Å²) >= 11 is 5.81. The smallest absolute Gasteiger partial charge is 0.151 e. The van der Waals surface area contributed by atoms with Crippen molar-refractivity contribution in [2.24, 2.45) is 7.05 Å². The van der Waals surface area contributed by atoms with Crippen molar-refractivity contribution in [2.45, 2.75) is 6.54 Å². The van der Waals surface area contributed by atoms with Crippen molar-refractivity contribution in [1.29, 1.82) is 0 Å². The summed E-state index contributed by atoms with van der Waals surface area (Å²) in [5.41, 5.74) is 1.09. The summed E-state index contributed by atoms with van der Waals surface area (Å²) in [6, 6.07) is 1.88. The second kappa shape index (κ2) is 5.73.